The molecule has 0 bridgehead atoms. The lowest BCUT2D eigenvalue weighted by molar-refractivity contribution is -0.130. The average molecular weight is 293 g/mol. The molecule has 0 aliphatic carbocycles. The van der Waals surface area contributed by atoms with Crippen LogP contribution in [0.15, 0.2) is 29.4 Å². The number of hydrogen-bond acceptors (Lipinski definition) is 5. The van der Waals surface area contributed by atoms with Crippen LogP contribution in [0.3, 0.4) is 0 Å². The number of methoxy groups -OCH3 is 1. The van der Waals surface area contributed by atoms with Crippen LogP contribution >= 0.6 is 0 Å². The Morgan fingerprint density at radius 1 is 1.24 bits per heavy atom. The third-order valence-corrected chi connectivity index (χ3v) is 2.63. The Morgan fingerprint density at radius 2 is 1.86 bits per heavy atom. The molecule has 1 aromatic carbocycles. The second kappa shape index (κ2) is 7.88. The minimum absolute atomic E-state index is 0.0106. The van der Waals surface area contributed by atoms with Gasteiger partial charge in [0.2, 0.25) is 0 Å². The number of amides is 2. The molecule has 1 rings (SSSR count). The molecule has 0 aliphatic heterocycles. The van der Waals surface area contributed by atoms with Crippen LogP contribution in [0, 0.1) is 0 Å². The molecule has 0 aromatic heterocycles. The fourth-order valence-corrected chi connectivity index (χ4v) is 1.31. The van der Waals surface area contributed by atoms with Crippen LogP contribution < -0.4 is 10.2 Å². The van der Waals surface area contributed by atoms with E-state index in [1.165, 1.54) is 12.0 Å². The van der Waals surface area contributed by atoms with Crippen LogP contribution in [0.25, 0.3) is 0 Å². The molecule has 1 aromatic rings. The van der Waals surface area contributed by atoms with Crippen LogP contribution in [0.4, 0.5) is 4.79 Å². The van der Waals surface area contributed by atoms with E-state index < -0.39 is 6.09 Å². The van der Waals surface area contributed by atoms with Gasteiger partial charge in [-0.25, -0.2) is 10.2 Å². The zero-order chi connectivity index (χ0) is 15.8. The SMILES string of the molecule is COC(=O)N/N=C(\C)c1ccc(OCC(=O)N(C)C)cc1. The molecule has 21 heavy (non-hydrogen) atoms. The first-order valence-corrected chi connectivity index (χ1v) is 6.25. The lowest BCUT2D eigenvalue weighted by Crippen LogP contribution is -2.27. The molecule has 114 valence electrons. The van der Waals surface area contributed by atoms with Crippen LogP contribution in [-0.2, 0) is 9.53 Å². The van der Waals surface area contributed by atoms with Crippen LogP contribution in [0.1, 0.15) is 12.5 Å². The first-order chi connectivity index (χ1) is 9.93. The van der Waals surface area contributed by atoms with Crippen molar-refractivity contribution in [2.24, 2.45) is 5.10 Å². The topological polar surface area (TPSA) is 80.2 Å². The van der Waals surface area contributed by atoms with Crippen LogP contribution in [-0.4, -0.2) is 50.4 Å². The van der Waals surface area contributed by atoms with Gasteiger partial charge >= 0.3 is 6.09 Å². The number of carbonyl (C=O) groups is 2. The van der Waals surface area contributed by atoms with Gasteiger partial charge in [-0.15, -0.1) is 0 Å². The maximum atomic E-state index is 11.4. The summed E-state index contributed by atoms with van der Waals surface area (Å²) in [5.41, 5.74) is 3.68. The molecule has 2 amide bonds. The molecule has 0 saturated heterocycles. The second-order valence-corrected chi connectivity index (χ2v) is 4.40. The van der Waals surface area contributed by atoms with Gasteiger partial charge in [0, 0.05) is 14.1 Å². The van der Waals surface area contributed by atoms with E-state index in [-0.39, 0.29) is 12.5 Å². The molecule has 1 N–H and O–H groups in total. The Morgan fingerprint density at radius 3 is 2.38 bits per heavy atom. The van der Waals surface area contributed by atoms with Gasteiger partial charge in [-0.1, -0.05) is 0 Å². The summed E-state index contributed by atoms with van der Waals surface area (Å²) in [7, 11) is 4.60. The van der Waals surface area contributed by atoms with Crippen LogP contribution in [0.2, 0.25) is 0 Å². The van der Waals surface area contributed by atoms with Gasteiger partial charge < -0.3 is 14.4 Å². The highest BCUT2D eigenvalue weighted by Gasteiger charge is 2.05. The van der Waals surface area contributed by atoms with Crippen molar-refractivity contribution in [3.05, 3.63) is 29.8 Å². The van der Waals surface area contributed by atoms with E-state index in [2.05, 4.69) is 15.3 Å². The van der Waals surface area contributed by atoms with Crippen molar-refractivity contribution in [2.45, 2.75) is 6.92 Å². The molecular weight excluding hydrogens is 274 g/mol. The van der Waals surface area contributed by atoms with Gasteiger partial charge in [0.15, 0.2) is 6.61 Å². The number of nitrogens with zero attached hydrogens (tertiary/aromatic N) is 2. The molecule has 0 saturated carbocycles. The predicted molar refractivity (Wildman–Crippen MR) is 78.4 cm³/mol. The van der Waals surface area contributed by atoms with E-state index in [1.807, 2.05) is 0 Å². The summed E-state index contributed by atoms with van der Waals surface area (Å²) in [6, 6.07) is 7.03. The first kappa shape index (κ1) is 16.5. The molecule has 0 unspecified atom stereocenters. The van der Waals surface area contributed by atoms with Gasteiger partial charge in [-0.3, -0.25) is 4.79 Å². The van der Waals surface area contributed by atoms with E-state index in [0.717, 1.165) is 5.56 Å². The van der Waals surface area contributed by atoms with Crippen molar-refractivity contribution >= 4 is 17.7 Å². The van der Waals surface area contributed by atoms with E-state index in [0.29, 0.717) is 11.5 Å². The fraction of sp³-hybridized carbons (Fsp3) is 0.357. The number of hydrogen-bond donors (Lipinski definition) is 1. The Balaban J connectivity index is 2.61. The minimum atomic E-state index is -0.628. The lowest BCUT2D eigenvalue weighted by Gasteiger charge is -2.11. The highest BCUT2D eigenvalue weighted by Crippen LogP contribution is 2.12. The highest BCUT2D eigenvalue weighted by atomic mass is 16.5. The number of carbonyl (C=O) groups excluding carboxylic acids is 2. The van der Waals surface area contributed by atoms with E-state index in [4.69, 9.17) is 4.74 Å². The van der Waals surface area contributed by atoms with Crippen molar-refractivity contribution in [3.8, 4) is 5.75 Å². The summed E-state index contributed by atoms with van der Waals surface area (Å²) in [6.45, 7) is 1.74. The number of benzene rings is 1. The van der Waals surface area contributed by atoms with E-state index in [1.54, 1.807) is 45.3 Å². The Kier molecular flexibility index (Phi) is 6.19. The summed E-state index contributed by atoms with van der Waals surface area (Å²) in [6.07, 6.45) is -0.628. The Labute approximate surface area is 123 Å². The molecule has 0 fully saturated rings. The van der Waals surface area contributed by atoms with E-state index in [9.17, 15) is 9.59 Å². The molecular formula is C14H19N3O4. The number of rotatable bonds is 5. The summed E-state index contributed by atoms with van der Waals surface area (Å²) in [5, 5.41) is 3.88. The molecule has 0 heterocycles. The van der Waals surface area contributed by atoms with Gasteiger partial charge in [-0.05, 0) is 36.8 Å². The molecule has 0 radical (unpaired) electrons. The largest absolute Gasteiger partial charge is 0.484 e. The molecule has 0 atom stereocenters. The average Bonchev–Trinajstić information content (AvgIpc) is 2.50. The number of likely N-dealkylation sites (N-methyl/N-ethyl adjacent to an activating group) is 1. The minimum Gasteiger partial charge on any atom is -0.484 e. The van der Waals surface area contributed by atoms with Crippen LogP contribution in [0.5, 0.6) is 5.75 Å². The van der Waals surface area contributed by atoms with Gasteiger partial charge in [-0.2, -0.15) is 5.10 Å². The van der Waals surface area contributed by atoms with Gasteiger partial charge in [0.25, 0.3) is 5.91 Å². The summed E-state index contributed by atoms with van der Waals surface area (Å²) in [4.78, 5) is 23.8. The van der Waals surface area contributed by atoms with Crippen molar-refractivity contribution in [1.82, 2.24) is 10.3 Å². The standard InChI is InChI=1S/C14H19N3O4/c1-10(15-16-14(19)20-4)11-5-7-12(8-6-11)21-9-13(18)17(2)3/h5-8H,9H2,1-4H3,(H,16,19)/b15-10+. The highest BCUT2D eigenvalue weighted by molar-refractivity contribution is 5.99. The number of hydrazone groups is 1. The third kappa shape index (κ3) is 5.52. The first-order valence-electron chi connectivity index (χ1n) is 6.25. The zero-order valence-corrected chi connectivity index (χ0v) is 12.5. The number of nitrogens with one attached hydrogen (secondary N) is 1. The van der Waals surface area contributed by atoms with Crippen molar-refractivity contribution in [3.63, 3.8) is 0 Å². The third-order valence-electron chi connectivity index (χ3n) is 2.63. The molecule has 0 aliphatic rings. The second-order valence-electron chi connectivity index (χ2n) is 4.40. The lowest BCUT2D eigenvalue weighted by atomic mass is 10.1. The quantitative estimate of drug-likeness (QED) is 0.654. The summed E-state index contributed by atoms with van der Waals surface area (Å²) in [5.74, 6) is 0.474. The Bertz CT molecular complexity index is 524. The molecule has 7 heteroatoms. The summed E-state index contributed by atoms with van der Waals surface area (Å²) < 4.78 is 9.77. The zero-order valence-electron chi connectivity index (χ0n) is 12.5. The monoisotopic (exact) mass is 293 g/mol. The maximum Gasteiger partial charge on any atom is 0.427 e. The summed E-state index contributed by atoms with van der Waals surface area (Å²) >= 11 is 0. The normalized spacial score (nSPS) is 10.8. The van der Waals surface area contributed by atoms with E-state index >= 15 is 0 Å². The number of ether oxygens (including phenoxy) is 2. The van der Waals surface area contributed by atoms with Gasteiger partial charge in [0.1, 0.15) is 5.75 Å². The molecule has 0 spiro atoms. The Hall–Kier alpha value is -2.57. The smallest absolute Gasteiger partial charge is 0.427 e. The molecule has 7 nitrogen and oxygen atoms in total. The maximum absolute atomic E-state index is 11.4. The van der Waals surface area contributed by atoms with Crippen molar-refractivity contribution in [2.75, 3.05) is 27.8 Å². The van der Waals surface area contributed by atoms with Crippen molar-refractivity contribution < 1.29 is 19.1 Å². The van der Waals surface area contributed by atoms with Gasteiger partial charge in [0.05, 0.1) is 12.8 Å². The van der Waals surface area contributed by atoms with Crippen molar-refractivity contribution in [1.29, 1.82) is 0 Å². The fourth-order valence-electron chi connectivity index (χ4n) is 1.31. The predicted octanol–water partition coefficient (Wildman–Crippen LogP) is 1.23.